The number of nitrogens with zero attached hydrogens (tertiary/aromatic N) is 3. The largest absolute Gasteiger partial charge is 0.342 e. The molecule has 1 aromatic carbocycles. The first-order valence-electron chi connectivity index (χ1n) is 13.1. The van der Waals surface area contributed by atoms with Gasteiger partial charge in [0.25, 0.3) is 0 Å². The molecule has 0 bridgehead atoms. The maximum Gasteiger partial charge on any atom is 0.246 e. The van der Waals surface area contributed by atoms with Crippen LogP contribution < -0.4 is 16.0 Å². The average Bonchev–Trinajstić information content (AvgIpc) is 3.46. The molecule has 2 aliphatic heterocycles. The minimum atomic E-state index is -3.64. The fraction of sp³-hybridized carbons (Fsp3) is 0.556. The van der Waals surface area contributed by atoms with Crippen LogP contribution in [0.3, 0.4) is 0 Å². The lowest BCUT2D eigenvalue weighted by molar-refractivity contribution is -0.141. The number of amides is 3. The van der Waals surface area contributed by atoms with Crippen LogP contribution in [0.25, 0.3) is 10.9 Å². The van der Waals surface area contributed by atoms with E-state index in [9.17, 15) is 22.8 Å². The Morgan fingerprint density at radius 1 is 1.13 bits per heavy atom. The molecule has 0 aliphatic carbocycles. The second-order valence-corrected chi connectivity index (χ2v) is 13.4. The van der Waals surface area contributed by atoms with Crippen LogP contribution in [0.2, 0.25) is 0 Å². The molecule has 2 fully saturated rings. The number of nitrogens with one attached hydrogen (secondary N) is 3. The summed E-state index contributed by atoms with van der Waals surface area (Å²) >= 11 is 0. The Balaban J connectivity index is 1.66. The molecule has 0 radical (unpaired) electrons. The zero-order valence-corrected chi connectivity index (χ0v) is 24.1. The van der Waals surface area contributed by atoms with Gasteiger partial charge in [0.15, 0.2) is 0 Å². The summed E-state index contributed by atoms with van der Waals surface area (Å²) < 4.78 is 26.8. The van der Waals surface area contributed by atoms with E-state index in [1.807, 2.05) is 45.0 Å². The van der Waals surface area contributed by atoms with E-state index >= 15 is 0 Å². The summed E-state index contributed by atoms with van der Waals surface area (Å²) in [7, 11) is -1.97. The number of pyridine rings is 1. The van der Waals surface area contributed by atoms with Crippen LogP contribution >= 0.6 is 0 Å². The van der Waals surface area contributed by atoms with Crippen molar-refractivity contribution in [2.24, 2.45) is 11.3 Å². The number of fused-ring (bicyclic) bond motifs is 2. The van der Waals surface area contributed by atoms with Crippen molar-refractivity contribution in [3.63, 3.8) is 0 Å². The molecule has 212 valence electrons. The van der Waals surface area contributed by atoms with Gasteiger partial charge in [0.1, 0.15) is 6.04 Å². The molecular formula is C27H38N6O5S. The number of aromatic nitrogens is 1. The normalized spacial score (nSPS) is 23.3. The molecule has 3 heterocycles. The van der Waals surface area contributed by atoms with Gasteiger partial charge < -0.3 is 20.9 Å². The van der Waals surface area contributed by atoms with Crippen molar-refractivity contribution in [2.45, 2.75) is 58.3 Å². The molecule has 11 nitrogen and oxygen atoms in total. The van der Waals surface area contributed by atoms with Gasteiger partial charge in [-0.1, -0.05) is 39.0 Å². The molecule has 39 heavy (non-hydrogen) atoms. The zero-order valence-electron chi connectivity index (χ0n) is 23.3. The lowest BCUT2D eigenvalue weighted by Gasteiger charge is -2.37. The van der Waals surface area contributed by atoms with Crippen molar-refractivity contribution in [2.75, 3.05) is 31.7 Å². The first kappa shape index (κ1) is 28.9. The van der Waals surface area contributed by atoms with E-state index in [0.717, 1.165) is 11.6 Å². The monoisotopic (exact) mass is 558 g/mol. The van der Waals surface area contributed by atoms with Crippen LogP contribution in [0.1, 0.15) is 34.1 Å². The predicted molar refractivity (Wildman–Crippen MR) is 149 cm³/mol. The van der Waals surface area contributed by atoms with Crippen LogP contribution in [-0.4, -0.2) is 90.9 Å². The van der Waals surface area contributed by atoms with E-state index in [1.165, 1.54) is 4.31 Å². The molecule has 3 N–H and O–H groups in total. The van der Waals surface area contributed by atoms with Crippen molar-refractivity contribution in [3.05, 3.63) is 36.5 Å². The summed E-state index contributed by atoms with van der Waals surface area (Å²) in [6.45, 7) is 7.54. The number of benzene rings is 1. The lowest BCUT2D eigenvalue weighted by atomic mass is 9.85. The smallest absolute Gasteiger partial charge is 0.246 e. The Morgan fingerprint density at radius 2 is 1.82 bits per heavy atom. The summed E-state index contributed by atoms with van der Waals surface area (Å²) in [6.07, 6.45) is 3.17. The summed E-state index contributed by atoms with van der Waals surface area (Å²) in [4.78, 5) is 46.5. The molecule has 12 heteroatoms. The topological polar surface area (TPSA) is 141 Å². The predicted octanol–water partition coefficient (Wildman–Crippen LogP) is 1.17. The molecule has 5 atom stereocenters. The van der Waals surface area contributed by atoms with Gasteiger partial charge in [-0.05, 0) is 37.9 Å². The third-order valence-electron chi connectivity index (χ3n) is 7.74. The highest BCUT2D eigenvalue weighted by Crippen LogP contribution is 2.39. The Kier molecular flexibility index (Phi) is 8.02. The second-order valence-electron chi connectivity index (χ2n) is 11.5. The minimum absolute atomic E-state index is 0.0364. The molecule has 0 spiro atoms. The first-order chi connectivity index (χ1) is 18.2. The highest BCUT2D eigenvalue weighted by atomic mass is 32.2. The highest BCUT2D eigenvalue weighted by molar-refractivity contribution is 7.88. The van der Waals surface area contributed by atoms with Gasteiger partial charge in [-0.2, -0.15) is 4.31 Å². The summed E-state index contributed by atoms with van der Waals surface area (Å²) in [5.41, 5.74) is 0.514. The molecule has 1 aromatic heterocycles. The average molecular weight is 559 g/mol. The Morgan fingerprint density at radius 3 is 2.46 bits per heavy atom. The number of para-hydroxylation sites is 1. The van der Waals surface area contributed by atoms with E-state index in [4.69, 9.17) is 0 Å². The van der Waals surface area contributed by atoms with E-state index in [0.29, 0.717) is 17.6 Å². The van der Waals surface area contributed by atoms with Crippen LogP contribution in [0.4, 0.5) is 5.69 Å². The fourth-order valence-corrected chi connectivity index (χ4v) is 6.71. The Bertz CT molecular complexity index is 1370. The Labute approximate surface area is 229 Å². The number of hydrogen-bond acceptors (Lipinski definition) is 7. The van der Waals surface area contributed by atoms with Gasteiger partial charge in [-0.15, -0.1) is 0 Å². The maximum atomic E-state index is 14.0. The van der Waals surface area contributed by atoms with Crippen LogP contribution in [0.15, 0.2) is 36.5 Å². The number of sulfonamides is 1. The number of hydrogen-bond donors (Lipinski definition) is 3. The molecule has 4 rings (SSSR count). The fourth-order valence-electron chi connectivity index (χ4n) is 5.56. The third kappa shape index (κ3) is 5.78. The summed E-state index contributed by atoms with van der Waals surface area (Å²) in [6, 6.07) is 6.59. The minimum Gasteiger partial charge on any atom is -0.342 e. The van der Waals surface area contributed by atoms with Crippen molar-refractivity contribution in [3.8, 4) is 0 Å². The number of likely N-dealkylation sites (N-methyl/N-ethyl adjacent to an activating group) is 1. The van der Waals surface area contributed by atoms with Crippen molar-refractivity contribution in [1.82, 2.24) is 24.8 Å². The SMILES string of the molecule is CN[C@@H](C)C(=O)N[C@H](C(=O)N1CC[C@@H]2C1[C@@H](C(=O)Nc1cccc3cccnc13)CN2S(C)(=O)=O)C(C)(C)C. The van der Waals surface area contributed by atoms with Gasteiger partial charge in [-0.3, -0.25) is 19.4 Å². The zero-order chi connectivity index (χ0) is 28.7. The van der Waals surface area contributed by atoms with Crippen LogP contribution in [-0.2, 0) is 24.4 Å². The number of anilines is 1. The standard InChI is InChI=1S/C27H38N6O5S/c1-16(28-5)24(34)31-23(27(2,3)4)26(36)32-14-12-20-22(32)18(15-33(20)39(6,37)38)25(35)30-19-11-7-9-17-10-8-13-29-21(17)19/h7-11,13,16,18,20,22-23,28H,12,14-15H2,1-6H3,(H,30,35)(H,31,34)/t16-,18-,20+,22?,23+/m0/s1. The molecule has 2 aliphatic rings. The number of carbonyl (C=O) groups excluding carboxylic acids is 3. The van der Waals surface area contributed by atoms with Crippen LogP contribution in [0, 0.1) is 11.3 Å². The van der Waals surface area contributed by atoms with Gasteiger partial charge >= 0.3 is 0 Å². The molecular weight excluding hydrogens is 520 g/mol. The first-order valence-corrected chi connectivity index (χ1v) is 15.0. The lowest BCUT2D eigenvalue weighted by Crippen LogP contribution is -2.59. The maximum absolute atomic E-state index is 14.0. The van der Waals surface area contributed by atoms with Gasteiger partial charge in [0.05, 0.1) is 35.5 Å². The second kappa shape index (κ2) is 10.8. The third-order valence-corrected chi connectivity index (χ3v) is 9.01. The molecule has 2 aromatic rings. The quantitative estimate of drug-likeness (QED) is 0.463. The van der Waals surface area contributed by atoms with E-state index < -0.39 is 45.5 Å². The highest BCUT2D eigenvalue weighted by Gasteiger charge is 2.56. The Hall–Kier alpha value is -3.09. The van der Waals surface area contributed by atoms with Crippen LogP contribution in [0.5, 0.6) is 0 Å². The summed E-state index contributed by atoms with van der Waals surface area (Å²) in [5, 5.41) is 9.56. The van der Waals surface area contributed by atoms with Crippen molar-refractivity contribution < 1.29 is 22.8 Å². The number of rotatable bonds is 7. The number of likely N-dealkylation sites (tertiary alicyclic amines) is 1. The van der Waals surface area contributed by atoms with Crippen molar-refractivity contribution in [1.29, 1.82) is 0 Å². The summed E-state index contributed by atoms with van der Waals surface area (Å²) in [5.74, 6) is -1.83. The van der Waals surface area contributed by atoms with E-state index in [1.54, 1.807) is 31.1 Å². The van der Waals surface area contributed by atoms with E-state index in [2.05, 4.69) is 20.9 Å². The molecule has 2 saturated heterocycles. The van der Waals surface area contributed by atoms with Crippen molar-refractivity contribution >= 4 is 44.3 Å². The molecule has 3 amide bonds. The van der Waals surface area contributed by atoms with Gasteiger partial charge in [0, 0.05) is 30.7 Å². The van der Waals surface area contributed by atoms with Gasteiger partial charge in [-0.25, -0.2) is 8.42 Å². The van der Waals surface area contributed by atoms with E-state index in [-0.39, 0.29) is 30.8 Å². The van der Waals surface area contributed by atoms with Gasteiger partial charge in [0.2, 0.25) is 27.7 Å². The molecule has 1 unspecified atom stereocenters. The number of carbonyl (C=O) groups is 3. The molecule has 0 saturated carbocycles.